The van der Waals surface area contributed by atoms with E-state index in [4.69, 9.17) is 9.47 Å². The van der Waals surface area contributed by atoms with E-state index in [-0.39, 0.29) is 18.0 Å². The van der Waals surface area contributed by atoms with E-state index >= 15 is 0 Å². The number of aromatic nitrogens is 2. The summed E-state index contributed by atoms with van der Waals surface area (Å²) in [5.74, 6) is 0.725. The molecule has 1 heterocycles. The molecule has 1 N–H and O–H groups in total. The summed E-state index contributed by atoms with van der Waals surface area (Å²) in [7, 11) is 3.05. The average Bonchev–Trinajstić information content (AvgIpc) is 2.70. The number of anilines is 1. The van der Waals surface area contributed by atoms with E-state index in [0.29, 0.717) is 22.9 Å². The van der Waals surface area contributed by atoms with Crippen LogP contribution in [0.2, 0.25) is 0 Å². The smallest absolute Gasteiger partial charge is 0.269 e. The largest absolute Gasteiger partial charge is 0.497 e. The van der Waals surface area contributed by atoms with Gasteiger partial charge in [0.2, 0.25) is 5.91 Å². The molecule has 0 saturated carbocycles. The summed E-state index contributed by atoms with van der Waals surface area (Å²) in [4.78, 5) is 28.7. The quantitative estimate of drug-likeness (QED) is 0.726. The molecule has 0 bridgehead atoms. The van der Waals surface area contributed by atoms with Crippen LogP contribution in [0.4, 0.5) is 5.69 Å². The maximum Gasteiger partial charge on any atom is 0.269 e. The first kappa shape index (κ1) is 18.2. The van der Waals surface area contributed by atoms with Gasteiger partial charge in [-0.3, -0.25) is 9.59 Å². The van der Waals surface area contributed by atoms with Crippen LogP contribution in [-0.2, 0) is 11.3 Å². The Balaban J connectivity index is 1.79. The zero-order chi connectivity index (χ0) is 19.2. The summed E-state index contributed by atoms with van der Waals surface area (Å²) in [6.07, 6.45) is 2.78. The average molecular weight is 365 g/mol. The van der Waals surface area contributed by atoms with Crippen LogP contribution in [0.25, 0.3) is 11.3 Å². The number of methoxy groups -OCH3 is 2. The van der Waals surface area contributed by atoms with Crippen molar-refractivity contribution in [3.05, 3.63) is 71.3 Å². The predicted octanol–water partition coefficient (Wildman–Crippen LogP) is 2.57. The van der Waals surface area contributed by atoms with E-state index in [1.165, 1.54) is 17.9 Å². The second-order valence-electron chi connectivity index (χ2n) is 5.72. The molecule has 0 radical (unpaired) electrons. The highest BCUT2D eigenvalue weighted by atomic mass is 16.5. The van der Waals surface area contributed by atoms with Gasteiger partial charge in [-0.15, -0.1) is 0 Å². The lowest BCUT2D eigenvalue weighted by Gasteiger charge is -2.12. The van der Waals surface area contributed by atoms with Crippen LogP contribution < -0.4 is 20.3 Å². The van der Waals surface area contributed by atoms with Crippen molar-refractivity contribution in [2.24, 2.45) is 0 Å². The van der Waals surface area contributed by atoms with E-state index in [1.54, 1.807) is 31.5 Å². The number of nitrogens with zero attached hydrogens (tertiary/aromatic N) is 2. The van der Waals surface area contributed by atoms with Crippen molar-refractivity contribution in [2.45, 2.75) is 6.54 Å². The van der Waals surface area contributed by atoms with Crippen LogP contribution in [0.1, 0.15) is 0 Å². The second kappa shape index (κ2) is 8.18. The van der Waals surface area contributed by atoms with E-state index in [1.807, 2.05) is 30.3 Å². The molecule has 7 nitrogen and oxygen atoms in total. The minimum absolute atomic E-state index is 0.142. The van der Waals surface area contributed by atoms with Crippen LogP contribution in [-0.4, -0.2) is 29.7 Å². The first-order valence-corrected chi connectivity index (χ1v) is 8.24. The highest BCUT2D eigenvalue weighted by Gasteiger charge is 2.11. The molecule has 0 aliphatic carbocycles. The summed E-state index contributed by atoms with van der Waals surface area (Å²) in [6.45, 7) is -0.142. The molecular weight excluding hydrogens is 346 g/mol. The number of rotatable bonds is 6. The number of carbonyl (C=O) groups is 1. The number of benzene rings is 2. The number of carbonyl (C=O) groups excluding carboxylic acids is 1. The van der Waals surface area contributed by atoms with E-state index in [9.17, 15) is 9.59 Å². The molecular formula is C20H19N3O4. The summed E-state index contributed by atoms with van der Waals surface area (Å²) >= 11 is 0. The molecule has 1 amide bonds. The van der Waals surface area contributed by atoms with Gasteiger partial charge in [-0.25, -0.2) is 4.98 Å². The number of amides is 1. The van der Waals surface area contributed by atoms with Crippen molar-refractivity contribution in [3.8, 4) is 22.8 Å². The molecule has 2 aromatic carbocycles. The third kappa shape index (κ3) is 4.33. The molecule has 138 valence electrons. The SMILES string of the molecule is COc1ccc(NC(=O)Cn2cc(-c3ccccc3)ncc2=O)c(OC)c1. The monoisotopic (exact) mass is 365 g/mol. The molecule has 3 aromatic rings. The molecule has 7 heteroatoms. The maximum atomic E-state index is 12.4. The number of ether oxygens (including phenoxy) is 2. The van der Waals surface area contributed by atoms with Gasteiger partial charge >= 0.3 is 0 Å². The maximum absolute atomic E-state index is 12.4. The zero-order valence-corrected chi connectivity index (χ0v) is 15.0. The minimum Gasteiger partial charge on any atom is -0.497 e. The molecule has 0 unspecified atom stereocenters. The molecule has 1 aromatic heterocycles. The van der Waals surface area contributed by atoms with Gasteiger partial charge in [-0.05, 0) is 12.1 Å². The van der Waals surface area contributed by atoms with Gasteiger partial charge in [-0.1, -0.05) is 30.3 Å². The van der Waals surface area contributed by atoms with Crippen molar-refractivity contribution in [1.29, 1.82) is 0 Å². The third-order valence-corrected chi connectivity index (χ3v) is 3.94. The summed E-state index contributed by atoms with van der Waals surface area (Å²) in [5.41, 5.74) is 1.62. The van der Waals surface area contributed by atoms with Crippen molar-refractivity contribution < 1.29 is 14.3 Å². The van der Waals surface area contributed by atoms with Gasteiger partial charge in [0, 0.05) is 17.8 Å². The van der Waals surface area contributed by atoms with Crippen LogP contribution >= 0.6 is 0 Å². The Morgan fingerprint density at radius 1 is 1.11 bits per heavy atom. The normalized spacial score (nSPS) is 10.3. The first-order chi connectivity index (χ1) is 13.1. The predicted molar refractivity (Wildman–Crippen MR) is 102 cm³/mol. The van der Waals surface area contributed by atoms with Crippen molar-refractivity contribution in [3.63, 3.8) is 0 Å². The highest BCUT2D eigenvalue weighted by molar-refractivity contribution is 5.92. The van der Waals surface area contributed by atoms with Gasteiger partial charge in [-0.2, -0.15) is 0 Å². The molecule has 27 heavy (non-hydrogen) atoms. The Kier molecular flexibility index (Phi) is 5.51. The fraction of sp³-hybridized carbons (Fsp3) is 0.150. The van der Waals surface area contributed by atoms with Gasteiger partial charge < -0.3 is 19.4 Å². The molecule has 0 aliphatic heterocycles. The zero-order valence-electron chi connectivity index (χ0n) is 15.0. The third-order valence-electron chi connectivity index (χ3n) is 3.94. The van der Waals surface area contributed by atoms with Gasteiger partial charge in [0.15, 0.2) is 0 Å². The Morgan fingerprint density at radius 2 is 1.89 bits per heavy atom. The molecule has 0 atom stereocenters. The standard InChI is InChI=1S/C20H19N3O4/c1-26-15-8-9-16(18(10-15)27-2)22-19(24)13-23-12-17(21-11-20(23)25)14-6-4-3-5-7-14/h3-12H,13H2,1-2H3,(H,22,24). The fourth-order valence-corrected chi connectivity index (χ4v) is 2.57. The Labute approximate surface area is 156 Å². The second-order valence-corrected chi connectivity index (χ2v) is 5.72. The van der Waals surface area contributed by atoms with Crippen molar-refractivity contribution in [1.82, 2.24) is 9.55 Å². The number of hydrogen-bond donors (Lipinski definition) is 1. The van der Waals surface area contributed by atoms with E-state index in [2.05, 4.69) is 10.3 Å². The van der Waals surface area contributed by atoms with Gasteiger partial charge in [0.05, 0.1) is 31.8 Å². The van der Waals surface area contributed by atoms with Crippen molar-refractivity contribution >= 4 is 11.6 Å². The number of hydrogen-bond acceptors (Lipinski definition) is 5. The fourth-order valence-electron chi connectivity index (χ4n) is 2.57. The van der Waals surface area contributed by atoms with Crippen molar-refractivity contribution in [2.75, 3.05) is 19.5 Å². The highest BCUT2D eigenvalue weighted by Crippen LogP contribution is 2.29. The van der Waals surface area contributed by atoms with Crippen LogP contribution in [0.5, 0.6) is 11.5 Å². The molecule has 0 spiro atoms. The van der Waals surface area contributed by atoms with Crippen LogP contribution in [0.15, 0.2) is 65.7 Å². The summed E-state index contributed by atoms with van der Waals surface area (Å²) in [6, 6.07) is 14.5. The Bertz CT molecular complexity index is 1000. The van der Waals surface area contributed by atoms with Gasteiger partial charge in [0.1, 0.15) is 18.0 Å². The minimum atomic E-state index is -0.356. The van der Waals surface area contributed by atoms with Crippen LogP contribution in [0, 0.1) is 0 Å². The van der Waals surface area contributed by atoms with Crippen LogP contribution in [0.3, 0.4) is 0 Å². The summed E-state index contributed by atoms with van der Waals surface area (Å²) < 4.78 is 11.7. The number of nitrogens with one attached hydrogen (secondary N) is 1. The Morgan fingerprint density at radius 3 is 2.59 bits per heavy atom. The van der Waals surface area contributed by atoms with E-state index < -0.39 is 0 Å². The summed E-state index contributed by atoms with van der Waals surface area (Å²) in [5, 5.41) is 2.75. The lowest BCUT2D eigenvalue weighted by molar-refractivity contribution is -0.116. The Hall–Kier alpha value is -3.61. The molecule has 0 saturated heterocycles. The lowest BCUT2D eigenvalue weighted by Crippen LogP contribution is -2.27. The molecule has 0 aliphatic rings. The molecule has 3 rings (SSSR count). The van der Waals surface area contributed by atoms with E-state index in [0.717, 1.165) is 5.56 Å². The lowest BCUT2D eigenvalue weighted by atomic mass is 10.2. The molecule has 0 fully saturated rings. The topological polar surface area (TPSA) is 82.5 Å². The van der Waals surface area contributed by atoms with Gasteiger partial charge in [0.25, 0.3) is 5.56 Å². The first-order valence-electron chi connectivity index (χ1n) is 8.24.